The predicted molar refractivity (Wildman–Crippen MR) is 121 cm³/mol. The molecule has 0 aliphatic heterocycles. The van der Waals surface area contributed by atoms with Gasteiger partial charge in [-0.15, -0.1) is 0 Å². The molecule has 0 fully saturated rings. The zero-order valence-electron chi connectivity index (χ0n) is 15.5. The molecule has 3 rings (SSSR count). The zero-order valence-corrected chi connectivity index (χ0v) is 17.8. The molecule has 0 atom stereocenters. The average molecular weight is 458 g/mol. The second-order valence-electron chi connectivity index (χ2n) is 6.17. The molecular weight excluding hydrogens is 443 g/mol. The van der Waals surface area contributed by atoms with Crippen molar-refractivity contribution in [3.63, 3.8) is 0 Å². The number of benzene rings is 3. The van der Waals surface area contributed by atoms with Crippen LogP contribution in [0, 0.1) is 11.3 Å². The van der Waals surface area contributed by atoms with Crippen LogP contribution in [0.1, 0.15) is 11.1 Å². The number of ether oxygens (including phenoxy) is 1. The van der Waals surface area contributed by atoms with E-state index >= 15 is 0 Å². The first-order chi connectivity index (χ1) is 14.5. The molecule has 0 unspecified atom stereocenters. The highest BCUT2D eigenvalue weighted by molar-refractivity contribution is 6.34. The van der Waals surface area contributed by atoms with Gasteiger partial charge in [-0.3, -0.25) is 4.79 Å². The molecule has 0 radical (unpaired) electrons. The molecule has 1 amide bonds. The number of amides is 1. The first kappa shape index (κ1) is 21.7. The first-order valence-corrected chi connectivity index (χ1v) is 9.95. The Bertz CT molecular complexity index is 1150. The Kier molecular flexibility index (Phi) is 7.37. The third-order valence-corrected chi connectivity index (χ3v) is 5.09. The van der Waals surface area contributed by atoms with Crippen LogP contribution in [-0.4, -0.2) is 5.91 Å². The summed E-state index contributed by atoms with van der Waals surface area (Å²) in [6.45, 7) is 0.262. The van der Waals surface area contributed by atoms with E-state index < -0.39 is 5.91 Å². The molecule has 0 bridgehead atoms. The lowest BCUT2D eigenvalue weighted by atomic mass is 10.1. The SMILES string of the molecule is N#C/C(=C\c1ccc(OCc2ccccc2Cl)c(Cl)c1)C(=O)Nc1ccccc1Cl. The van der Waals surface area contributed by atoms with Gasteiger partial charge in [-0.25, -0.2) is 0 Å². The van der Waals surface area contributed by atoms with Crippen molar-refractivity contribution in [1.29, 1.82) is 5.26 Å². The lowest BCUT2D eigenvalue weighted by molar-refractivity contribution is -0.112. The van der Waals surface area contributed by atoms with Crippen molar-refractivity contribution in [2.75, 3.05) is 5.32 Å². The number of hydrogen-bond acceptors (Lipinski definition) is 3. The van der Waals surface area contributed by atoms with Crippen LogP contribution in [0.5, 0.6) is 5.75 Å². The van der Waals surface area contributed by atoms with Crippen molar-refractivity contribution in [2.45, 2.75) is 6.61 Å². The minimum absolute atomic E-state index is 0.0873. The quantitative estimate of drug-likeness (QED) is 0.328. The maximum absolute atomic E-state index is 12.4. The highest BCUT2D eigenvalue weighted by atomic mass is 35.5. The molecule has 3 aromatic rings. The van der Waals surface area contributed by atoms with Crippen molar-refractivity contribution in [3.05, 3.63) is 98.5 Å². The number of para-hydroxylation sites is 1. The number of nitrogens with one attached hydrogen (secondary N) is 1. The van der Waals surface area contributed by atoms with Gasteiger partial charge in [0.15, 0.2) is 0 Å². The van der Waals surface area contributed by atoms with Crippen LogP contribution in [0.25, 0.3) is 6.08 Å². The third-order valence-electron chi connectivity index (χ3n) is 4.10. The first-order valence-electron chi connectivity index (χ1n) is 8.81. The Balaban J connectivity index is 1.73. The second-order valence-corrected chi connectivity index (χ2v) is 7.40. The maximum Gasteiger partial charge on any atom is 0.266 e. The van der Waals surface area contributed by atoms with E-state index in [0.29, 0.717) is 32.1 Å². The Morgan fingerprint density at radius 2 is 1.67 bits per heavy atom. The molecule has 0 heterocycles. The van der Waals surface area contributed by atoms with Gasteiger partial charge in [0, 0.05) is 10.6 Å². The van der Waals surface area contributed by atoms with Gasteiger partial charge in [-0.05, 0) is 42.0 Å². The van der Waals surface area contributed by atoms with Gasteiger partial charge in [0.1, 0.15) is 24.0 Å². The van der Waals surface area contributed by atoms with Crippen LogP contribution in [0.4, 0.5) is 5.69 Å². The molecular formula is C23H15Cl3N2O2. The Hall–Kier alpha value is -2.97. The molecule has 4 nitrogen and oxygen atoms in total. The van der Waals surface area contributed by atoms with Gasteiger partial charge in [0.25, 0.3) is 5.91 Å². The molecule has 30 heavy (non-hydrogen) atoms. The minimum Gasteiger partial charge on any atom is -0.487 e. The monoisotopic (exact) mass is 456 g/mol. The number of anilines is 1. The maximum atomic E-state index is 12.4. The lowest BCUT2D eigenvalue weighted by Crippen LogP contribution is -2.13. The number of carbonyl (C=O) groups excluding carboxylic acids is 1. The van der Waals surface area contributed by atoms with Crippen LogP contribution >= 0.6 is 34.8 Å². The fourth-order valence-corrected chi connectivity index (χ4v) is 3.18. The smallest absolute Gasteiger partial charge is 0.266 e. The number of rotatable bonds is 6. The fraction of sp³-hybridized carbons (Fsp3) is 0.0435. The van der Waals surface area contributed by atoms with Crippen molar-refractivity contribution in [1.82, 2.24) is 0 Å². The molecule has 0 aliphatic carbocycles. The highest BCUT2D eigenvalue weighted by Crippen LogP contribution is 2.28. The molecule has 0 aliphatic rings. The summed E-state index contributed by atoms with van der Waals surface area (Å²) in [5.41, 5.74) is 1.75. The summed E-state index contributed by atoms with van der Waals surface area (Å²) in [7, 11) is 0. The van der Waals surface area contributed by atoms with Crippen LogP contribution in [0.3, 0.4) is 0 Å². The van der Waals surface area contributed by atoms with Crippen molar-refractivity contribution < 1.29 is 9.53 Å². The third kappa shape index (κ3) is 5.55. The van der Waals surface area contributed by atoms with Crippen LogP contribution in [-0.2, 0) is 11.4 Å². The number of nitrogens with zero attached hydrogens (tertiary/aromatic N) is 1. The van der Waals surface area contributed by atoms with E-state index in [2.05, 4.69) is 5.32 Å². The lowest BCUT2D eigenvalue weighted by Gasteiger charge is -2.10. The van der Waals surface area contributed by atoms with E-state index in [1.54, 1.807) is 48.5 Å². The molecule has 7 heteroatoms. The van der Waals surface area contributed by atoms with E-state index in [-0.39, 0.29) is 12.2 Å². The summed E-state index contributed by atoms with van der Waals surface area (Å²) >= 11 is 18.5. The summed E-state index contributed by atoms with van der Waals surface area (Å²) < 4.78 is 5.73. The number of halogens is 3. The van der Waals surface area contributed by atoms with Gasteiger partial charge >= 0.3 is 0 Å². The fourth-order valence-electron chi connectivity index (χ4n) is 2.56. The standard InChI is InChI=1S/C23H15Cl3N2O2/c24-18-6-2-1-5-16(18)14-30-22-10-9-15(12-20(22)26)11-17(13-27)23(29)28-21-8-4-3-7-19(21)25/h1-12H,14H2,(H,28,29)/b17-11+. The second kappa shape index (κ2) is 10.2. The number of carbonyl (C=O) groups is 1. The Morgan fingerprint density at radius 1 is 0.967 bits per heavy atom. The summed E-state index contributed by atoms with van der Waals surface area (Å²) in [5.74, 6) is -0.103. The summed E-state index contributed by atoms with van der Waals surface area (Å²) in [6.07, 6.45) is 1.44. The predicted octanol–water partition coefficient (Wildman–Crippen LogP) is 6.77. The van der Waals surface area contributed by atoms with E-state index in [4.69, 9.17) is 39.5 Å². The Labute approximate surface area is 189 Å². The van der Waals surface area contributed by atoms with Crippen LogP contribution in [0.15, 0.2) is 72.3 Å². The van der Waals surface area contributed by atoms with Gasteiger partial charge < -0.3 is 10.1 Å². The van der Waals surface area contributed by atoms with E-state index in [1.165, 1.54) is 6.08 Å². The van der Waals surface area contributed by atoms with Crippen molar-refractivity contribution >= 4 is 52.5 Å². The highest BCUT2D eigenvalue weighted by Gasteiger charge is 2.12. The molecule has 0 saturated carbocycles. The van der Waals surface area contributed by atoms with Gasteiger partial charge in [0.2, 0.25) is 0 Å². The van der Waals surface area contributed by atoms with Crippen molar-refractivity contribution in [2.24, 2.45) is 0 Å². The number of hydrogen-bond donors (Lipinski definition) is 1. The summed E-state index contributed by atoms with van der Waals surface area (Å²) in [6, 6.07) is 21.0. The van der Waals surface area contributed by atoms with Crippen LogP contribution < -0.4 is 10.1 Å². The minimum atomic E-state index is -0.569. The van der Waals surface area contributed by atoms with E-state index in [9.17, 15) is 10.1 Å². The molecule has 0 saturated heterocycles. The largest absolute Gasteiger partial charge is 0.487 e. The van der Waals surface area contributed by atoms with Gasteiger partial charge in [-0.2, -0.15) is 5.26 Å². The normalized spacial score (nSPS) is 10.9. The van der Waals surface area contributed by atoms with E-state index in [1.807, 2.05) is 24.3 Å². The molecule has 150 valence electrons. The molecule has 1 N–H and O–H groups in total. The Morgan fingerprint density at radius 3 is 2.33 bits per heavy atom. The topological polar surface area (TPSA) is 62.1 Å². The van der Waals surface area contributed by atoms with Crippen molar-refractivity contribution in [3.8, 4) is 11.8 Å². The van der Waals surface area contributed by atoms with Crippen LogP contribution in [0.2, 0.25) is 15.1 Å². The number of nitriles is 1. The molecule has 0 spiro atoms. The van der Waals surface area contributed by atoms with E-state index in [0.717, 1.165) is 5.56 Å². The average Bonchev–Trinajstić information content (AvgIpc) is 2.74. The molecule has 3 aromatic carbocycles. The van der Waals surface area contributed by atoms with Gasteiger partial charge in [-0.1, -0.05) is 71.2 Å². The summed E-state index contributed by atoms with van der Waals surface area (Å²) in [5, 5.41) is 13.3. The summed E-state index contributed by atoms with van der Waals surface area (Å²) in [4.78, 5) is 12.4. The van der Waals surface area contributed by atoms with Gasteiger partial charge in [0.05, 0.1) is 15.7 Å². The molecule has 0 aromatic heterocycles. The zero-order chi connectivity index (χ0) is 21.5.